The summed E-state index contributed by atoms with van der Waals surface area (Å²) >= 11 is 0. The Kier molecular flexibility index (Phi) is 3.01. The van der Waals surface area contributed by atoms with Crippen LogP contribution in [0.4, 0.5) is 10.1 Å². The zero-order chi connectivity index (χ0) is 13.3. The molecule has 94 valence electrons. The molecule has 0 unspecified atom stereocenters. The lowest BCUT2D eigenvalue weighted by Gasteiger charge is -2.08. The van der Waals surface area contributed by atoms with Crippen LogP contribution >= 0.6 is 0 Å². The van der Waals surface area contributed by atoms with Crippen LogP contribution in [0.1, 0.15) is 10.5 Å². The molecule has 1 aromatic carbocycles. The van der Waals surface area contributed by atoms with Gasteiger partial charge in [0.05, 0.1) is 11.4 Å². The van der Waals surface area contributed by atoms with E-state index in [1.165, 1.54) is 27.8 Å². The lowest BCUT2D eigenvalue weighted by Crippen LogP contribution is -2.22. The second-order valence-electron chi connectivity index (χ2n) is 4.05. The maximum Gasteiger partial charge on any atom is 0.273 e. The van der Waals surface area contributed by atoms with Gasteiger partial charge in [0.2, 0.25) is 0 Å². The molecule has 2 aromatic rings. The molecular formula is C12H13FN4O. The topological polar surface area (TPSA) is 64.2 Å². The molecule has 0 saturated carbocycles. The summed E-state index contributed by atoms with van der Waals surface area (Å²) in [6.07, 6.45) is 1.61. The van der Waals surface area contributed by atoms with Crippen molar-refractivity contribution in [2.45, 2.75) is 0 Å². The van der Waals surface area contributed by atoms with Gasteiger partial charge in [0.15, 0.2) is 5.69 Å². The van der Waals surface area contributed by atoms with Gasteiger partial charge in [-0.2, -0.15) is 5.10 Å². The van der Waals surface area contributed by atoms with Crippen molar-refractivity contribution in [1.82, 2.24) is 14.7 Å². The number of hydrogen-bond donors (Lipinski definition) is 1. The molecule has 1 amide bonds. The Bertz CT molecular complexity index is 592. The maximum atomic E-state index is 12.9. The quantitative estimate of drug-likeness (QED) is 0.815. The van der Waals surface area contributed by atoms with Gasteiger partial charge in [0.25, 0.3) is 5.91 Å². The van der Waals surface area contributed by atoms with Gasteiger partial charge in [0.1, 0.15) is 5.82 Å². The number of rotatable bonds is 2. The maximum absolute atomic E-state index is 12.9. The number of carbonyl (C=O) groups excluding carboxylic acids is 1. The number of anilines is 1. The van der Waals surface area contributed by atoms with Gasteiger partial charge >= 0.3 is 0 Å². The number of halogens is 1. The molecule has 2 N–H and O–H groups in total. The largest absolute Gasteiger partial charge is 0.397 e. The van der Waals surface area contributed by atoms with E-state index >= 15 is 0 Å². The number of carbonyl (C=O) groups is 1. The number of aromatic nitrogens is 2. The summed E-state index contributed by atoms with van der Waals surface area (Å²) in [7, 11) is 3.29. The van der Waals surface area contributed by atoms with Gasteiger partial charge in [-0.3, -0.25) is 4.79 Å². The molecule has 0 fully saturated rings. The third-order valence-electron chi connectivity index (χ3n) is 2.45. The van der Waals surface area contributed by atoms with E-state index in [0.29, 0.717) is 11.4 Å². The molecule has 0 spiro atoms. The number of benzene rings is 1. The second-order valence-corrected chi connectivity index (χ2v) is 4.05. The van der Waals surface area contributed by atoms with Crippen molar-refractivity contribution >= 4 is 11.6 Å². The summed E-state index contributed by atoms with van der Waals surface area (Å²) in [5.74, 6) is -0.609. The third kappa shape index (κ3) is 2.17. The van der Waals surface area contributed by atoms with Gasteiger partial charge in [0, 0.05) is 20.3 Å². The van der Waals surface area contributed by atoms with Crippen molar-refractivity contribution in [2.75, 3.05) is 19.8 Å². The molecule has 18 heavy (non-hydrogen) atoms. The molecule has 6 heteroatoms. The summed E-state index contributed by atoms with van der Waals surface area (Å²) in [6.45, 7) is 0. The summed E-state index contributed by atoms with van der Waals surface area (Å²) in [4.78, 5) is 13.1. The fourth-order valence-corrected chi connectivity index (χ4v) is 1.54. The molecule has 0 bridgehead atoms. The van der Waals surface area contributed by atoms with Crippen molar-refractivity contribution in [3.63, 3.8) is 0 Å². The van der Waals surface area contributed by atoms with Crippen LogP contribution in [0.2, 0.25) is 0 Å². The Morgan fingerprint density at radius 1 is 1.39 bits per heavy atom. The first-order valence-corrected chi connectivity index (χ1v) is 5.32. The fourth-order valence-electron chi connectivity index (χ4n) is 1.54. The standard InChI is InChI=1S/C12H13FN4O/c1-16(2)12(18)10-5-6-17(15-10)11-4-3-8(13)7-9(11)14/h3-7H,14H2,1-2H3. The Morgan fingerprint density at radius 3 is 2.72 bits per heavy atom. The summed E-state index contributed by atoms with van der Waals surface area (Å²) < 4.78 is 14.4. The fraction of sp³-hybridized carbons (Fsp3) is 0.167. The van der Waals surface area contributed by atoms with E-state index in [4.69, 9.17) is 5.73 Å². The SMILES string of the molecule is CN(C)C(=O)c1ccn(-c2ccc(F)cc2N)n1. The van der Waals surface area contributed by atoms with Crippen LogP contribution < -0.4 is 5.73 Å². The minimum absolute atomic E-state index is 0.200. The molecule has 1 heterocycles. The monoisotopic (exact) mass is 248 g/mol. The highest BCUT2D eigenvalue weighted by atomic mass is 19.1. The second kappa shape index (κ2) is 4.48. The first-order chi connectivity index (χ1) is 8.49. The minimum atomic E-state index is -0.409. The molecule has 0 aliphatic heterocycles. The number of nitrogens with zero attached hydrogens (tertiary/aromatic N) is 3. The highest BCUT2D eigenvalue weighted by Crippen LogP contribution is 2.17. The molecule has 0 aliphatic rings. The Hall–Kier alpha value is -2.37. The van der Waals surface area contributed by atoms with E-state index in [0.717, 1.165) is 0 Å². The van der Waals surface area contributed by atoms with Crippen LogP contribution in [-0.4, -0.2) is 34.7 Å². The highest BCUT2D eigenvalue weighted by Gasteiger charge is 2.12. The van der Waals surface area contributed by atoms with Gasteiger partial charge < -0.3 is 10.6 Å². The van der Waals surface area contributed by atoms with Crippen LogP contribution in [0.3, 0.4) is 0 Å². The predicted octanol–water partition coefficient (Wildman–Crippen LogP) is 1.30. The minimum Gasteiger partial charge on any atom is -0.397 e. The predicted molar refractivity (Wildman–Crippen MR) is 66.0 cm³/mol. The van der Waals surface area contributed by atoms with E-state index in [2.05, 4.69) is 5.10 Å². The van der Waals surface area contributed by atoms with E-state index in [1.807, 2.05) is 0 Å². The summed E-state index contributed by atoms with van der Waals surface area (Å²) in [5.41, 5.74) is 6.81. The number of nitrogen functional groups attached to an aromatic ring is 1. The average molecular weight is 248 g/mol. The summed E-state index contributed by atoms with van der Waals surface area (Å²) in [5, 5.41) is 4.12. The first kappa shape index (κ1) is 12.1. The Labute approximate surface area is 104 Å². The lowest BCUT2D eigenvalue weighted by atomic mass is 10.2. The molecular weight excluding hydrogens is 235 g/mol. The molecule has 2 rings (SSSR count). The van der Waals surface area contributed by atoms with Crippen molar-refractivity contribution in [2.24, 2.45) is 0 Å². The van der Waals surface area contributed by atoms with Crippen molar-refractivity contribution < 1.29 is 9.18 Å². The molecule has 0 atom stereocenters. The third-order valence-corrected chi connectivity index (χ3v) is 2.45. The van der Waals surface area contributed by atoms with E-state index in [1.54, 1.807) is 26.4 Å². The van der Waals surface area contributed by atoms with Crippen LogP contribution in [0.25, 0.3) is 5.69 Å². The van der Waals surface area contributed by atoms with E-state index in [-0.39, 0.29) is 11.6 Å². The van der Waals surface area contributed by atoms with Gasteiger partial charge in [-0.05, 0) is 24.3 Å². The summed E-state index contributed by atoms with van der Waals surface area (Å²) in [6, 6.07) is 5.61. The number of nitrogens with two attached hydrogens (primary N) is 1. The first-order valence-electron chi connectivity index (χ1n) is 5.32. The number of hydrogen-bond acceptors (Lipinski definition) is 3. The van der Waals surface area contributed by atoms with Crippen molar-refractivity contribution in [1.29, 1.82) is 0 Å². The van der Waals surface area contributed by atoms with Crippen LogP contribution in [0.5, 0.6) is 0 Å². The zero-order valence-corrected chi connectivity index (χ0v) is 10.1. The van der Waals surface area contributed by atoms with Crippen LogP contribution in [0, 0.1) is 5.82 Å². The molecule has 1 aromatic heterocycles. The molecule has 0 aliphatic carbocycles. The van der Waals surface area contributed by atoms with Crippen LogP contribution in [-0.2, 0) is 0 Å². The smallest absolute Gasteiger partial charge is 0.273 e. The Morgan fingerprint density at radius 2 is 2.11 bits per heavy atom. The van der Waals surface area contributed by atoms with E-state index < -0.39 is 5.82 Å². The number of amides is 1. The van der Waals surface area contributed by atoms with Crippen molar-refractivity contribution in [3.05, 3.63) is 42.0 Å². The van der Waals surface area contributed by atoms with Gasteiger partial charge in [-0.15, -0.1) is 0 Å². The van der Waals surface area contributed by atoms with Gasteiger partial charge in [-0.1, -0.05) is 0 Å². The lowest BCUT2D eigenvalue weighted by molar-refractivity contribution is 0.0821. The normalized spacial score (nSPS) is 10.4. The van der Waals surface area contributed by atoms with Crippen molar-refractivity contribution in [3.8, 4) is 5.69 Å². The average Bonchev–Trinajstić information content (AvgIpc) is 2.77. The highest BCUT2D eigenvalue weighted by molar-refractivity contribution is 5.91. The molecule has 0 radical (unpaired) electrons. The van der Waals surface area contributed by atoms with Crippen LogP contribution in [0.15, 0.2) is 30.5 Å². The molecule has 5 nitrogen and oxygen atoms in total. The van der Waals surface area contributed by atoms with E-state index in [9.17, 15) is 9.18 Å². The Balaban J connectivity index is 2.38. The molecule has 0 saturated heterocycles. The zero-order valence-electron chi connectivity index (χ0n) is 10.1. The van der Waals surface area contributed by atoms with Gasteiger partial charge in [-0.25, -0.2) is 9.07 Å².